The maximum absolute atomic E-state index is 12.2. The number of carbonyl (C=O) groups is 1. The molecule has 2 aromatic rings. The van der Waals surface area contributed by atoms with Crippen LogP contribution >= 0.6 is 0 Å². The summed E-state index contributed by atoms with van der Waals surface area (Å²) in [5.41, 5.74) is 3.98. The number of rotatable bonds is 2. The molecule has 0 amide bonds. The summed E-state index contributed by atoms with van der Waals surface area (Å²) in [7, 11) is 0. The van der Waals surface area contributed by atoms with Crippen molar-refractivity contribution < 1.29 is 4.79 Å². The molecule has 0 radical (unpaired) electrons. The second-order valence-corrected chi connectivity index (χ2v) is 4.29. The number of fused-ring (bicyclic) bond motifs is 1. The molecule has 3 nitrogen and oxygen atoms in total. The van der Waals surface area contributed by atoms with E-state index < -0.39 is 0 Å². The summed E-state index contributed by atoms with van der Waals surface area (Å²) in [6.07, 6.45) is 7.96. The Morgan fingerprint density at radius 3 is 2.59 bits per heavy atom. The fraction of sp³-hybridized carbons (Fsp3) is 0.214. The van der Waals surface area contributed by atoms with Gasteiger partial charge in [-0.1, -0.05) is 12.1 Å². The zero-order chi connectivity index (χ0) is 11.7. The van der Waals surface area contributed by atoms with Crippen LogP contribution in [0.4, 0.5) is 0 Å². The van der Waals surface area contributed by atoms with Gasteiger partial charge in [-0.15, -0.1) is 0 Å². The van der Waals surface area contributed by atoms with Crippen molar-refractivity contribution in [3.63, 3.8) is 0 Å². The van der Waals surface area contributed by atoms with Gasteiger partial charge in [-0.25, -0.2) is 9.97 Å². The third kappa shape index (κ3) is 1.84. The lowest BCUT2D eigenvalue weighted by Gasteiger charge is -2.03. The molecule has 3 heteroatoms. The first-order chi connectivity index (χ1) is 8.34. The Kier molecular flexibility index (Phi) is 2.44. The minimum atomic E-state index is 0.000278. The summed E-state index contributed by atoms with van der Waals surface area (Å²) in [6.45, 7) is 0. The van der Waals surface area contributed by atoms with Gasteiger partial charge in [0.05, 0.1) is 5.56 Å². The second kappa shape index (κ2) is 4.09. The van der Waals surface area contributed by atoms with Gasteiger partial charge in [0.1, 0.15) is 6.33 Å². The molecule has 1 aliphatic rings. The minimum absolute atomic E-state index is 0.000278. The average molecular weight is 224 g/mol. The van der Waals surface area contributed by atoms with Crippen LogP contribution < -0.4 is 0 Å². The van der Waals surface area contributed by atoms with Crippen molar-refractivity contribution in [2.75, 3.05) is 0 Å². The number of hydrogen-bond acceptors (Lipinski definition) is 3. The zero-order valence-electron chi connectivity index (χ0n) is 9.39. The van der Waals surface area contributed by atoms with E-state index in [1.807, 2.05) is 12.1 Å². The van der Waals surface area contributed by atoms with Crippen LogP contribution in [0.2, 0.25) is 0 Å². The molecule has 17 heavy (non-hydrogen) atoms. The molecular formula is C14H12N2O. The molecule has 1 aromatic heterocycles. The SMILES string of the molecule is O=C(c1cncnc1)c1ccc2c(c1)CCC2. The highest BCUT2D eigenvalue weighted by Gasteiger charge is 2.15. The number of nitrogens with zero attached hydrogens (tertiary/aromatic N) is 2. The Hall–Kier alpha value is -2.03. The van der Waals surface area contributed by atoms with Crippen LogP contribution in [0.5, 0.6) is 0 Å². The van der Waals surface area contributed by atoms with E-state index in [-0.39, 0.29) is 5.78 Å². The molecule has 0 aliphatic heterocycles. The fourth-order valence-electron chi connectivity index (χ4n) is 2.30. The van der Waals surface area contributed by atoms with Gasteiger partial charge in [-0.05, 0) is 36.5 Å². The largest absolute Gasteiger partial charge is 0.288 e. The average Bonchev–Trinajstić information content (AvgIpc) is 2.86. The Morgan fingerprint density at radius 1 is 1.00 bits per heavy atom. The van der Waals surface area contributed by atoms with Crippen LogP contribution in [0.1, 0.15) is 33.5 Å². The molecule has 0 spiro atoms. The minimum Gasteiger partial charge on any atom is -0.288 e. The van der Waals surface area contributed by atoms with E-state index >= 15 is 0 Å². The summed E-state index contributed by atoms with van der Waals surface area (Å²) < 4.78 is 0. The van der Waals surface area contributed by atoms with Gasteiger partial charge >= 0.3 is 0 Å². The van der Waals surface area contributed by atoms with E-state index in [2.05, 4.69) is 16.0 Å². The Labute approximate surface area is 99.5 Å². The van der Waals surface area contributed by atoms with E-state index in [1.54, 1.807) is 12.4 Å². The topological polar surface area (TPSA) is 42.9 Å². The number of hydrogen-bond donors (Lipinski definition) is 0. The Balaban J connectivity index is 1.97. The highest BCUT2D eigenvalue weighted by atomic mass is 16.1. The van der Waals surface area contributed by atoms with Crippen LogP contribution in [-0.2, 0) is 12.8 Å². The number of aromatic nitrogens is 2. The molecule has 0 unspecified atom stereocenters. The van der Waals surface area contributed by atoms with E-state index in [9.17, 15) is 4.79 Å². The molecule has 0 saturated carbocycles. The standard InChI is InChI=1S/C14H12N2O/c17-14(13-7-15-9-16-8-13)12-5-4-10-2-1-3-11(10)6-12/h4-9H,1-3H2. The second-order valence-electron chi connectivity index (χ2n) is 4.29. The molecule has 0 bridgehead atoms. The smallest absolute Gasteiger partial charge is 0.196 e. The molecule has 1 aliphatic carbocycles. The summed E-state index contributed by atoms with van der Waals surface area (Å²) in [5, 5.41) is 0. The molecule has 3 rings (SSSR count). The van der Waals surface area contributed by atoms with E-state index in [0.29, 0.717) is 5.56 Å². The predicted octanol–water partition coefficient (Wildman–Crippen LogP) is 2.20. The van der Waals surface area contributed by atoms with E-state index in [0.717, 1.165) is 18.4 Å². The molecule has 0 saturated heterocycles. The van der Waals surface area contributed by atoms with Gasteiger partial charge in [0.2, 0.25) is 0 Å². The van der Waals surface area contributed by atoms with Gasteiger partial charge in [-0.3, -0.25) is 4.79 Å². The first-order valence-corrected chi connectivity index (χ1v) is 5.76. The van der Waals surface area contributed by atoms with Crippen molar-refractivity contribution in [1.82, 2.24) is 9.97 Å². The van der Waals surface area contributed by atoms with Gasteiger partial charge < -0.3 is 0 Å². The number of benzene rings is 1. The van der Waals surface area contributed by atoms with Crippen molar-refractivity contribution in [3.05, 3.63) is 59.2 Å². The van der Waals surface area contributed by atoms with Crippen molar-refractivity contribution in [3.8, 4) is 0 Å². The first-order valence-electron chi connectivity index (χ1n) is 5.76. The zero-order valence-corrected chi connectivity index (χ0v) is 9.39. The summed E-state index contributed by atoms with van der Waals surface area (Å²) in [6, 6.07) is 5.98. The van der Waals surface area contributed by atoms with Crippen LogP contribution in [-0.4, -0.2) is 15.8 Å². The quantitative estimate of drug-likeness (QED) is 0.734. The molecule has 0 fully saturated rings. The molecule has 0 atom stereocenters. The lowest BCUT2D eigenvalue weighted by atomic mass is 10.0. The van der Waals surface area contributed by atoms with E-state index in [4.69, 9.17) is 0 Å². The number of carbonyl (C=O) groups excluding carboxylic acids is 1. The predicted molar refractivity (Wildman–Crippen MR) is 63.9 cm³/mol. The summed E-state index contributed by atoms with van der Waals surface area (Å²) in [4.78, 5) is 19.9. The third-order valence-corrected chi connectivity index (χ3v) is 3.18. The van der Waals surface area contributed by atoms with Crippen molar-refractivity contribution in [2.45, 2.75) is 19.3 Å². The Bertz CT molecular complexity index is 564. The van der Waals surface area contributed by atoms with Crippen molar-refractivity contribution in [2.24, 2.45) is 0 Å². The number of ketones is 1. The highest BCUT2D eigenvalue weighted by Crippen LogP contribution is 2.23. The summed E-state index contributed by atoms with van der Waals surface area (Å²) in [5.74, 6) is 0.000278. The fourth-order valence-corrected chi connectivity index (χ4v) is 2.30. The van der Waals surface area contributed by atoms with Crippen LogP contribution in [0.15, 0.2) is 36.9 Å². The maximum Gasteiger partial charge on any atom is 0.196 e. The van der Waals surface area contributed by atoms with Crippen LogP contribution in [0, 0.1) is 0 Å². The Morgan fingerprint density at radius 2 is 1.76 bits per heavy atom. The lowest BCUT2D eigenvalue weighted by molar-refractivity contribution is 0.103. The van der Waals surface area contributed by atoms with Gasteiger partial charge in [-0.2, -0.15) is 0 Å². The molecule has 84 valence electrons. The van der Waals surface area contributed by atoms with Crippen LogP contribution in [0.25, 0.3) is 0 Å². The van der Waals surface area contributed by atoms with Gasteiger partial charge in [0.15, 0.2) is 5.78 Å². The van der Waals surface area contributed by atoms with Gasteiger partial charge in [0.25, 0.3) is 0 Å². The normalized spacial score (nSPS) is 13.4. The molecular weight excluding hydrogens is 212 g/mol. The van der Waals surface area contributed by atoms with Gasteiger partial charge in [0, 0.05) is 18.0 Å². The van der Waals surface area contributed by atoms with Crippen molar-refractivity contribution in [1.29, 1.82) is 0 Å². The monoisotopic (exact) mass is 224 g/mol. The molecule has 1 aromatic carbocycles. The highest BCUT2D eigenvalue weighted by molar-refractivity contribution is 6.08. The summed E-state index contributed by atoms with van der Waals surface area (Å²) >= 11 is 0. The van der Waals surface area contributed by atoms with Crippen molar-refractivity contribution >= 4 is 5.78 Å². The number of aryl methyl sites for hydroxylation is 2. The molecule has 1 heterocycles. The first kappa shape index (κ1) is 10.1. The molecule has 0 N–H and O–H groups in total. The lowest BCUT2D eigenvalue weighted by Crippen LogP contribution is -2.03. The van der Waals surface area contributed by atoms with E-state index in [1.165, 1.54) is 23.9 Å². The third-order valence-electron chi connectivity index (χ3n) is 3.18. The van der Waals surface area contributed by atoms with Crippen LogP contribution in [0.3, 0.4) is 0 Å². The maximum atomic E-state index is 12.2.